The lowest BCUT2D eigenvalue weighted by molar-refractivity contribution is 0.107. The van der Waals surface area contributed by atoms with Gasteiger partial charge in [-0.3, -0.25) is 0 Å². The molecular formula is C29H33NO3. The summed E-state index contributed by atoms with van der Waals surface area (Å²) in [6.07, 6.45) is 5.19. The molecule has 0 aliphatic heterocycles. The number of aliphatic hydroxyl groups is 1. The first-order valence-electron chi connectivity index (χ1n) is 12.2. The topological polar surface area (TPSA) is 50.7 Å². The first kappa shape index (κ1) is 22.0. The van der Waals surface area contributed by atoms with Crippen LogP contribution in [0.4, 0.5) is 0 Å². The molecule has 2 aliphatic rings. The highest BCUT2D eigenvalue weighted by Gasteiger charge is 2.32. The minimum absolute atomic E-state index is 0.0937. The van der Waals surface area contributed by atoms with Crippen LogP contribution in [-0.2, 0) is 19.6 Å². The Bertz CT molecular complexity index is 1030. The second kappa shape index (κ2) is 10.4. The van der Waals surface area contributed by atoms with Crippen molar-refractivity contribution in [1.29, 1.82) is 0 Å². The SMILES string of the molecule is O[C@@H]1c2ccc(OCc3ccccc3)c(OCc3ccccc3)c2CC[C@H]1NCC1CCC1. The summed E-state index contributed by atoms with van der Waals surface area (Å²) in [5, 5.41) is 14.8. The zero-order valence-electron chi connectivity index (χ0n) is 19.1. The first-order valence-corrected chi connectivity index (χ1v) is 12.2. The standard InChI is InChI=1S/C29H33NO3/c31-28-24-15-17-27(32-19-22-8-3-1-4-9-22)29(33-20-23-10-5-2-6-11-23)25(24)14-16-26(28)30-18-21-12-7-13-21/h1-6,8-11,15,17,21,26,28,30-31H,7,12-14,16,18-20H2/t26-,28-/m1/s1. The number of aliphatic hydroxyl groups excluding tert-OH is 1. The summed E-state index contributed by atoms with van der Waals surface area (Å²) in [4.78, 5) is 0. The van der Waals surface area contributed by atoms with E-state index in [1.54, 1.807) is 0 Å². The van der Waals surface area contributed by atoms with Gasteiger partial charge >= 0.3 is 0 Å². The monoisotopic (exact) mass is 443 g/mol. The Kier molecular flexibility index (Phi) is 6.94. The molecule has 0 bridgehead atoms. The number of benzene rings is 3. The first-order chi connectivity index (χ1) is 16.3. The molecule has 2 N–H and O–H groups in total. The Morgan fingerprint density at radius 2 is 1.45 bits per heavy atom. The molecule has 0 saturated heterocycles. The van der Waals surface area contributed by atoms with Gasteiger partial charge in [-0.1, -0.05) is 73.2 Å². The van der Waals surface area contributed by atoms with E-state index in [9.17, 15) is 5.11 Å². The predicted molar refractivity (Wildman–Crippen MR) is 130 cm³/mol. The summed E-state index contributed by atoms with van der Waals surface area (Å²) in [5.41, 5.74) is 4.26. The smallest absolute Gasteiger partial charge is 0.165 e. The lowest BCUT2D eigenvalue weighted by Gasteiger charge is -2.35. The molecule has 1 saturated carbocycles. The zero-order chi connectivity index (χ0) is 22.5. The Hall–Kier alpha value is -2.82. The molecular weight excluding hydrogens is 410 g/mol. The van der Waals surface area contributed by atoms with Crippen molar-refractivity contribution in [3.63, 3.8) is 0 Å². The minimum atomic E-state index is -0.531. The Labute approximate surface area is 196 Å². The molecule has 0 radical (unpaired) electrons. The fraction of sp³-hybridized carbons (Fsp3) is 0.379. The number of hydrogen-bond acceptors (Lipinski definition) is 4. The molecule has 1 fully saturated rings. The molecule has 33 heavy (non-hydrogen) atoms. The fourth-order valence-corrected chi connectivity index (χ4v) is 4.80. The van der Waals surface area contributed by atoms with E-state index in [0.717, 1.165) is 59.1 Å². The van der Waals surface area contributed by atoms with Crippen molar-refractivity contribution in [2.24, 2.45) is 5.92 Å². The molecule has 3 aromatic carbocycles. The van der Waals surface area contributed by atoms with Crippen LogP contribution in [0.3, 0.4) is 0 Å². The number of rotatable bonds is 9. The lowest BCUT2D eigenvalue weighted by Crippen LogP contribution is -2.41. The molecule has 0 unspecified atom stereocenters. The summed E-state index contributed by atoms with van der Waals surface area (Å²) in [6, 6.07) is 24.4. The minimum Gasteiger partial charge on any atom is -0.485 e. The molecule has 4 heteroatoms. The third-order valence-electron chi connectivity index (χ3n) is 7.02. The number of fused-ring (bicyclic) bond motifs is 1. The highest BCUT2D eigenvalue weighted by atomic mass is 16.5. The van der Waals surface area contributed by atoms with E-state index < -0.39 is 6.10 Å². The van der Waals surface area contributed by atoms with Gasteiger partial charge in [0.05, 0.1) is 6.10 Å². The van der Waals surface area contributed by atoms with E-state index in [1.807, 2.05) is 48.5 Å². The highest BCUT2D eigenvalue weighted by molar-refractivity contribution is 5.53. The van der Waals surface area contributed by atoms with E-state index >= 15 is 0 Å². The molecule has 172 valence electrons. The Morgan fingerprint density at radius 1 is 0.788 bits per heavy atom. The molecule has 0 amide bonds. The van der Waals surface area contributed by atoms with Gasteiger partial charge in [0.2, 0.25) is 0 Å². The summed E-state index contributed by atoms with van der Waals surface area (Å²) in [7, 11) is 0. The number of ether oxygens (including phenoxy) is 2. The molecule has 2 atom stereocenters. The fourth-order valence-electron chi connectivity index (χ4n) is 4.80. The maximum atomic E-state index is 11.2. The van der Waals surface area contributed by atoms with Crippen LogP contribution in [0.2, 0.25) is 0 Å². The maximum Gasteiger partial charge on any atom is 0.165 e. The van der Waals surface area contributed by atoms with E-state index in [4.69, 9.17) is 9.47 Å². The van der Waals surface area contributed by atoms with Gasteiger partial charge in [0.25, 0.3) is 0 Å². The Morgan fingerprint density at radius 3 is 2.09 bits per heavy atom. The second-order valence-corrected chi connectivity index (χ2v) is 9.30. The number of nitrogens with one attached hydrogen (secondary N) is 1. The summed E-state index contributed by atoms with van der Waals surface area (Å²) in [5.74, 6) is 2.28. The van der Waals surface area contributed by atoms with Gasteiger partial charge in [0.1, 0.15) is 13.2 Å². The van der Waals surface area contributed by atoms with Crippen molar-refractivity contribution in [3.8, 4) is 11.5 Å². The largest absolute Gasteiger partial charge is 0.485 e. The van der Waals surface area contributed by atoms with E-state index in [2.05, 4.69) is 29.6 Å². The van der Waals surface area contributed by atoms with Crippen LogP contribution in [-0.4, -0.2) is 17.7 Å². The van der Waals surface area contributed by atoms with Gasteiger partial charge < -0.3 is 19.9 Å². The molecule has 3 aromatic rings. The van der Waals surface area contributed by atoms with Crippen molar-refractivity contribution in [3.05, 3.63) is 95.1 Å². The van der Waals surface area contributed by atoms with Crippen LogP contribution < -0.4 is 14.8 Å². The molecule has 2 aliphatic carbocycles. The highest BCUT2D eigenvalue weighted by Crippen LogP contribution is 2.42. The van der Waals surface area contributed by atoms with Crippen molar-refractivity contribution < 1.29 is 14.6 Å². The summed E-state index contributed by atoms with van der Waals surface area (Å²) in [6.45, 7) is 1.96. The maximum absolute atomic E-state index is 11.2. The quantitative estimate of drug-likeness (QED) is 0.453. The average Bonchev–Trinajstić information content (AvgIpc) is 2.83. The van der Waals surface area contributed by atoms with E-state index in [1.165, 1.54) is 19.3 Å². The van der Waals surface area contributed by atoms with Gasteiger partial charge in [0.15, 0.2) is 11.5 Å². The van der Waals surface area contributed by atoms with Crippen LogP contribution in [0, 0.1) is 5.92 Å². The molecule has 0 heterocycles. The molecule has 0 spiro atoms. The molecule has 5 rings (SSSR count). The normalized spacial score (nSPS) is 20.0. The summed E-state index contributed by atoms with van der Waals surface area (Å²) >= 11 is 0. The van der Waals surface area contributed by atoms with Gasteiger partial charge in [-0.25, -0.2) is 0 Å². The van der Waals surface area contributed by atoms with E-state index in [-0.39, 0.29) is 6.04 Å². The van der Waals surface area contributed by atoms with Crippen molar-refractivity contribution in [1.82, 2.24) is 5.32 Å². The van der Waals surface area contributed by atoms with Crippen LogP contribution in [0.25, 0.3) is 0 Å². The third kappa shape index (κ3) is 5.23. The van der Waals surface area contributed by atoms with Crippen LogP contribution >= 0.6 is 0 Å². The van der Waals surface area contributed by atoms with Gasteiger partial charge in [-0.2, -0.15) is 0 Å². The average molecular weight is 444 g/mol. The van der Waals surface area contributed by atoms with Crippen LogP contribution in [0.1, 0.15) is 54.0 Å². The van der Waals surface area contributed by atoms with Gasteiger partial charge in [-0.15, -0.1) is 0 Å². The Balaban J connectivity index is 1.36. The third-order valence-corrected chi connectivity index (χ3v) is 7.02. The molecule has 4 nitrogen and oxygen atoms in total. The van der Waals surface area contributed by atoms with E-state index in [0.29, 0.717) is 13.2 Å². The van der Waals surface area contributed by atoms with Gasteiger partial charge in [0, 0.05) is 11.6 Å². The number of hydrogen-bond donors (Lipinski definition) is 2. The predicted octanol–water partition coefficient (Wildman–Crippen LogP) is 5.58. The lowest BCUT2D eigenvalue weighted by atomic mass is 9.82. The second-order valence-electron chi connectivity index (χ2n) is 9.30. The zero-order valence-corrected chi connectivity index (χ0v) is 19.1. The van der Waals surface area contributed by atoms with Crippen LogP contribution in [0.5, 0.6) is 11.5 Å². The van der Waals surface area contributed by atoms with Crippen molar-refractivity contribution in [2.45, 2.75) is 57.5 Å². The van der Waals surface area contributed by atoms with Crippen molar-refractivity contribution in [2.75, 3.05) is 6.54 Å². The van der Waals surface area contributed by atoms with Gasteiger partial charge in [-0.05, 0) is 60.9 Å². The van der Waals surface area contributed by atoms with Crippen LogP contribution in [0.15, 0.2) is 72.8 Å². The van der Waals surface area contributed by atoms with Crippen molar-refractivity contribution >= 4 is 0 Å². The summed E-state index contributed by atoms with van der Waals surface area (Å²) < 4.78 is 12.6. The molecule has 0 aromatic heterocycles.